The van der Waals surface area contributed by atoms with Gasteiger partial charge in [0.15, 0.2) is 0 Å². The van der Waals surface area contributed by atoms with Crippen molar-refractivity contribution in [3.63, 3.8) is 0 Å². The molecule has 1 N–H and O–H groups in total. The second kappa shape index (κ2) is 8.64. The Bertz CT molecular complexity index is 1470. The van der Waals surface area contributed by atoms with Crippen molar-refractivity contribution in [3.05, 3.63) is 106 Å². The second-order valence-corrected chi connectivity index (χ2v) is 9.35. The SMILES string of the molecule is Cc1ccc(-c2cc(-c3ccccc3)nc3sc(C(=O)Nc4cccc(C)c4C)cc23)cc1. The molecule has 0 aliphatic rings. The lowest BCUT2D eigenvalue weighted by atomic mass is 9.99. The first-order valence-electron chi connectivity index (χ1n) is 10.9. The van der Waals surface area contributed by atoms with Crippen molar-refractivity contribution in [2.75, 3.05) is 5.32 Å². The van der Waals surface area contributed by atoms with Crippen molar-refractivity contribution in [1.29, 1.82) is 0 Å². The summed E-state index contributed by atoms with van der Waals surface area (Å²) in [5.41, 5.74) is 8.45. The van der Waals surface area contributed by atoms with Crippen LogP contribution in [-0.2, 0) is 0 Å². The van der Waals surface area contributed by atoms with Crippen LogP contribution in [0.2, 0.25) is 0 Å². The minimum absolute atomic E-state index is 0.109. The number of nitrogens with zero attached hydrogens (tertiary/aromatic N) is 1. The van der Waals surface area contributed by atoms with Crippen molar-refractivity contribution in [3.8, 4) is 22.4 Å². The van der Waals surface area contributed by atoms with Crippen molar-refractivity contribution in [2.24, 2.45) is 0 Å². The second-order valence-electron chi connectivity index (χ2n) is 8.32. The maximum Gasteiger partial charge on any atom is 0.265 e. The van der Waals surface area contributed by atoms with Gasteiger partial charge in [-0.05, 0) is 61.2 Å². The lowest BCUT2D eigenvalue weighted by Gasteiger charge is -2.09. The van der Waals surface area contributed by atoms with Gasteiger partial charge in [-0.15, -0.1) is 11.3 Å². The molecule has 0 aliphatic heterocycles. The van der Waals surface area contributed by atoms with E-state index in [2.05, 4.69) is 54.7 Å². The van der Waals surface area contributed by atoms with Gasteiger partial charge in [-0.1, -0.05) is 72.3 Å². The number of nitrogens with one attached hydrogen (secondary N) is 1. The number of rotatable bonds is 4. The van der Waals surface area contributed by atoms with Crippen LogP contribution in [0.3, 0.4) is 0 Å². The Morgan fingerprint density at radius 1 is 0.818 bits per heavy atom. The number of aromatic nitrogens is 1. The third kappa shape index (κ3) is 4.18. The van der Waals surface area contributed by atoms with E-state index >= 15 is 0 Å². The van der Waals surface area contributed by atoms with Crippen LogP contribution in [0, 0.1) is 20.8 Å². The number of benzene rings is 3. The van der Waals surface area contributed by atoms with Crippen molar-refractivity contribution < 1.29 is 4.79 Å². The van der Waals surface area contributed by atoms with Crippen LogP contribution >= 0.6 is 11.3 Å². The third-order valence-electron chi connectivity index (χ3n) is 6.01. The Hall–Kier alpha value is -3.76. The van der Waals surface area contributed by atoms with Gasteiger partial charge < -0.3 is 5.32 Å². The molecular formula is C29H24N2OS. The molecule has 0 atom stereocenters. The molecule has 0 saturated carbocycles. The average molecular weight is 449 g/mol. The van der Waals surface area contributed by atoms with E-state index in [9.17, 15) is 4.79 Å². The highest BCUT2D eigenvalue weighted by Crippen LogP contribution is 2.36. The molecule has 3 nitrogen and oxygen atoms in total. The first-order chi connectivity index (χ1) is 16.0. The van der Waals surface area contributed by atoms with Gasteiger partial charge in [-0.25, -0.2) is 4.98 Å². The van der Waals surface area contributed by atoms with Crippen LogP contribution < -0.4 is 5.32 Å². The maximum atomic E-state index is 13.2. The molecule has 1 amide bonds. The summed E-state index contributed by atoms with van der Waals surface area (Å²) in [6.07, 6.45) is 0. The summed E-state index contributed by atoms with van der Waals surface area (Å²) >= 11 is 1.43. The molecule has 0 spiro atoms. The Kier molecular flexibility index (Phi) is 5.53. The summed E-state index contributed by atoms with van der Waals surface area (Å²) in [6, 6.07) is 28.7. The molecule has 0 unspecified atom stereocenters. The normalized spacial score (nSPS) is 11.0. The van der Waals surface area contributed by atoms with Crippen molar-refractivity contribution in [1.82, 2.24) is 4.98 Å². The topological polar surface area (TPSA) is 42.0 Å². The van der Waals surface area contributed by atoms with Gasteiger partial charge in [0.05, 0.1) is 10.6 Å². The van der Waals surface area contributed by atoms with Crippen LogP contribution in [0.5, 0.6) is 0 Å². The molecule has 4 heteroatoms. The summed E-state index contributed by atoms with van der Waals surface area (Å²) in [7, 11) is 0. The van der Waals surface area contributed by atoms with E-state index < -0.39 is 0 Å². The minimum Gasteiger partial charge on any atom is -0.321 e. The molecule has 33 heavy (non-hydrogen) atoms. The van der Waals surface area contributed by atoms with Crippen LogP contribution in [-0.4, -0.2) is 10.9 Å². The Morgan fingerprint density at radius 2 is 1.58 bits per heavy atom. The Morgan fingerprint density at radius 3 is 2.33 bits per heavy atom. The predicted molar refractivity (Wildman–Crippen MR) is 139 cm³/mol. The molecule has 5 rings (SSSR count). The molecule has 0 aliphatic carbocycles. The molecule has 2 aromatic heterocycles. The van der Waals surface area contributed by atoms with Gasteiger partial charge in [0.1, 0.15) is 4.83 Å². The number of carbonyl (C=O) groups is 1. The first kappa shape index (κ1) is 21.1. The highest BCUT2D eigenvalue weighted by Gasteiger charge is 2.17. The zero-order valence-electron chi connectivity index (χ0n) is 18.8. The number of thiophene rings is 1. The zero-order chi connectivity index (χ0) is 22.9. The Balaban J connectivity index is 1.62. The molecule has 3 aromatic carbocycles. The van der Waals surface area contributed by atoms with E-state index in [1.165, 1.54) is 16.9 Å². The van der Waals surface area contributed by atoms with E-state index in [0.29, 0.717) is 4.88 Å². The number of fused-ring (bicyclic) bond motifs is 1. The number of anilines is 1. The average Bonchev–Trinajstić information content (AvgIpc) is 3.27. The molecule has 0 bridgehead atoms. The van der Waals surface area contributed by atoms with Crippen molar-refractivity contribution in [2.45, 2.75) is 20.8 Å². The lowest BCUT2D eigenvalue weighted by molar-refractivity contribution is 0.103. The Labute approximate surface area is 197 Å². The standard InChI is InChI=1S/C29H24N2OS/c1-18-12-14-21(15-13-18)23-16-26(22-9-5-4-6-10-22)31-29-24(23)17-27(33-29)28(32)30-25-11-7-8-19(2)20(25)3/h4-17H,1-3H3,(H,30,32). The van der Waals surface area contributed by atoms with E-state index in [4.69, 9.17) is 4.98 Å². The van der Waals surface area contributed by atoms with Gasteiger partial charge >= 0.3 is 0 Å². The molecule has 5 aromatic rings. The third-order valence-corrected chi connectivity index (χ3v) is 7.04. The first-order valence-corrected chi connectivity index (χ1v) is 11.8. The lowest BCUT2D eigenvalue weighted by Crippen LogP contribution is -2.11. The molecule has 162 valence electrons. The van der Waals surface area contributed by atoms with Crippen molar-refractivity contribution >= 4 is 33.1 Å². The summed E-state index contributed by atoms with van der Waals surface area (Å²) in [5, 5.41) is 4.08. The largest absolute Gasteiger partial charge is 0.321 e. The van der Waals surface area contributed by atoms with E-state index in [0.717, 1.165) is 49.4 Å². The van der Waals surface area contributed by atoms with Gasteiger partial charge in [0.25, 0.3) is 5.91 Å². The molecule has 0 fully saturated rings. The molecule has 0 radical (unpaired) electrons. The molecule has 0 saturated heterocycles. The predicted octanol–water partition coefficient (Wildman–Crippen LogP) is 7.81. The number of carbonyl (C=O) groups excluding carboxylic acids is 1. The number of hydrogen-bond acceptors (Lipinski definition) is 3. The van der Waals surface area contributed by atoms with Gasteiger partial charge in [-0.2, -0.15) is 0 Å². The monoisotopic (exact) mass is 448 g/mol. The number of pyridine rings is 1. The summed E-state index contributed by atoms with van der Waals surface area (Å²) in [4.78, 5) is 19.6. The minimum atomic E-state index is -0.109. The quantitative estimate of drug-likeness (QED) is 0.305. The highest BCUT2D eigenvalue weighted by molar-refractivity contribution is 7.20. The zero-order valence-corrected chi connectivity index (χ0v) is 19.7. The van der Waals surface area contributed by atoms with E-state index in [-0.39, 0.29) is 5.91 Å². The van der Waals surface area contributed by atoms with E-state index in [1.807, 2.05) is 56.3 Å². The van der Waals surface area contributed by atoms with E-state index in [1.54, 1.807) is 0 Å². The fourth-order valence-corrected chi connectivity index (χ4v) is 4.88. The highest BCUT2D eigenvalue weighted by atomic mass is 32.1. The van der Waals surface area contributed by atoms with Gasteiger partial charge in [-0.3, -0.25) is 4.79 Å². The van der Waals surface area contributed by atoms with Gasteiger partial charge in [0, 0.05) is 16.6 Å². The van der Waals surface area contributed by atoms with Crippen LogP contribution in [0.25, 0.3) is 32.6 Å². The summed E-state index contributed by atoms with van der Waals surface area (Å²) < 4.78 is 0. The fraction of sp³-hybridized carbons (Fsp3) is 0.103. The molecule has 2 heterocycles. The van der Waals surface area contributed by atoms with Gasteiger partial charge in [0.2, 0.25) is 0 Å². The number of hydrogen-bond donors (Lipinski definition) is 1. The van der Waals surface area contributed by atoms with Crippen LogP contribution in [0.1, 0.15) is 26.4 Å². The number of aryl methyl sites for hydroxylation is 2. The summed E-state index contributed by atoms with van der Waals surface area (Å²) in [5.74, 6) is -0.109. The number of amides is 1. The van der Waals surface area contributed by atoms with Crippen LogP contribution in [0.15, 0.2) is 84.9 Å². The van der Waals surface area contributed by atoms with Crippen LogP contribution in [0.4, 0.5) is 5.69 Å². The maximum absolute atomic E-state index is 13.2. The fourth-order valence-electron chi connectivity index (χ4n) is 3.92. The smallest absolute Gasteiger partial charge is 0.265 e. The summed E-state index contributed by atoms with van der Waals surface area (Å²) in [6.45, 7) is 6.16. The molecular weight excluding hydrogens is 424 g/mol.